The summed E-state index contributed by atoms with van der Waals surface area (Å²) < 4.78 is 29.9. The second-order valence-corrected chi connectivity index (χ2v) is 7.81. The van der Waals surface area contributed by atoms with E-state index in [0.717, 1.165) is 23.5 Å². The Morgan fingerprint density at radius 1 is 1.04 bits per heavy atom. The number of rotatable bonds is 4. The number of halogens is 2. The quantitative estimate of drug-likeness (QED) is 0.560. The molecule has 0 aliphatic heterocycles. The number of hydrogen-bond acceptors (Lipinski definition) is 1. The van der Waals surface area contributed by atoms with Gasteiger partial charge in [0, 0.05) is 24.2 Å². The summed E-state index contributed by atoms with van der Waals surface area (Å²) in [6.07, 6.45) is 1.82. The Balaban J connectivity index is 2.09. The Morgan fingerprint density at radius 2 is 1.73 bits per heavy atom. The molecule has 0 N–H and O–H groups in total. The summed E-state index contributed by atoms with van der Waals surface area (Å²) in [6.45, 7) is 9.22. The number of nitrogens with zero attached hydrogens (tertiary/aromatic N) is 2. The van der Waals surface area contributed by atoms with Crippen LogP contribution in [-0.2, 0) is 6.54 Å². The van der Waals surface area contributed by atoms with Crippen LogP contribution < -0.4 is 0 Å². The third-order valence-corrected chi connectivity index (χ3v) is 4.89. The van der Waals surface area contributed by atoms with Crippen LogP contribution in [0.4, 0.5) is 8.78 Å². The second-order valence-electron chi connectivity index (χ2n) is 7.81. The fourth-order valence-electron chi connectivity index (χ4n) is 2.89. The van der Waals surface area contributed by atoms with Gasteiger partial charge >= 0.3 is 0 Å². The summed E-state index contributed by atoms with van der Waals surface area (Å²) in [5, 5.41) is 0. The van der Waals surface area contributed by atoms with Crippen molar-refractivity contribution in [2.24, 2.45) is 5.41 Å². The van der Waals surface area contributed by atoms with Gasteiger partial charge in [0.25, 0.3) is 0 Å². The van der Waals surface area contributed by atoms with E-state index in [-0.39, 0.29) is 16.9 Å². The van der Waals surface area contributed by atoms with E-state index in [1.807, 2.05) is 41.1 Å². The van der Waals surface area contributed by atoms with E-state index in [9.17, 15) is 8.78 Å². The standard InChI is InChI=1S/C22H24F2N2/c1-15(22(2,3)4)21-25-20(18-12-17(23)10-11-19(18)24)14-26(21)13-16-8-6-5-7-9-16/h5-12,14-15H,13H2,1-4H3. The molecular formula is C22H24F2N2. The normalized spacial score (nSPS) is 13.0. The smallest absolute Gasteiger partial charge is 0.132 e. The van der Waals surface area contributed by atoms with Gasteiger partial charge in [-0.25, -0.2) is 13.8 Å². The molecule has 0 saturated heterocycles. The van der Waals surface area contributed by atoms with Gasteiger partial charge < -0.3 is 4.57 Å². The van der Waals surface area contributed by atoms with E-state index in [0.29, 0.717) is 12.2 Å². The fourth-order valence-corrected chi connectivity index (χ4v) is 2.89. The topological polar surface area (TPSA) is 17.8 Å². The summed E-state index contributed by atoms with van der Waals surface area (Å²) in [5.74, 6) is 0.0896. The van der Waals surface area contributed by atoms with Gasteiger partial charge in [-0.05, 0) is 29.2 Å². The first-order valence-corrected chi connectivity index (χ1v) is 8.82. The average Bonchev–Trinajstić information content (AvgIpc) is 2.99. The number of benzene rings is 2. The van der Waals surface area contributed by atoms with Gasteiger partial charge in [-0.1, -0.05) is 58.0 Å². The molecule has 0 aliphatic rings. The summed E-state index contributed by atoms with van der Waals surface area (Å²) >= 11 is 0. The first-order valence-electron chi connectivity index (χ1n) is 8.82. The highest BCUT2D eigenvalue weighted by Gasteiger charge is 2.27. The lowest BCUT2D eigenvalue weighted by Crippen LogP contribution is -2.20. The molecule has 26 heavy (non-hydrogen) atoms. The minimum absolute atomic E-state index is 0.00244. The van der Waals surface area contributed by atoms with Crippen LogP contribution >= 0.6 is 0 Å². The van der Waals surface area contributed by atoms with E-state index >= 15 is 0 Å². The van der Waals surface area contributed by atoms with Crippen LogP contribution in [0.5, 0.6) is 0 Å². The zero-order valence-corrected chi connectivity index (χ0v) is 15.6. The van der Waals surface area contributed by atoms with Crippen LogP contribution in [0.3, 0.4) is 0 Å². The van der Waals surface area contributed by atoms with Gasteiger partial charge in [-0.3, -0.25) is 0 Å². The van der Waals surface area contributed by atoms with Gasteiger partial charge in [0.2, 0.25) is 0 Å². The van der Waals surface area contributed by atoms with Gasteiger partial charge in [0.15, 0.2) is 0 Å². The fraction of sp³-hybridized carbons (Fsp3) is 0.318. The molecule has 0 amide bonds. The molecule has 3 aromatic rings. The molecule has 0 radical (unpaired) electrons. The zero-order chi connectivity index (χ0) is 18.9. The van der Waals surface area contributed by atoms with Crippen molar-refractivity contribution in [1.29, 1.82) is 0 Å². The predicted octanol–water partition coefficient (Wildman–Crippen LogP) is 6.03. The molecule has 1 unspecified atom stereocenters. The van der Waals surface area contributed by atoms with Crippen LogP contribution in [0.15, 0.2) is 54.7 Å². The monoisotopic (exact) mass is 354 g/mol. The number of aromatic nitrogens is 2. The van der Waals surface area contributed by atoms with Gasteiger partial charge in [0.1, 0.15) is 17.5 Å². The number of hydrogen-bond donors (Lipinski definition) is 0. The van der Waals surface area contributed by atoms with Crippen LogP contribution in [0.25, 0.3) is 11.3 Å². The van der Waals surface area contributed by atoms with Crippen molar-refractivity contribution < 1.29 is 8.78 Å². The average molecular weight is 354 g/mol. The SMILES string of the molecule is CC(c1nc(-c2cc(F)ccc2F)cn1Cc1ccccc1)C(C)(C)C. The highest BCUT2D eigenvalue weighted by molar-refractivity contribution is 5.59. The van der Waals surface area contributed by atoms with E-state index in [4.69, 9.17) is 4.98 Å². The summed E-state index contributed by atoms with van der Waals surface area (Å²) in [4.78, 5) is 4.70. The maximum atomic E-state index is 14.2. The Hall–Kier alpha value is -2.49. The molecule has 4 heteroatoms. The van der Waals surface area contributed by atoms with E-state index in [1.165, 1.54) is 6.07 Å². The molecule has 0 fully saturated rings. The lowest BCUT2D eigenvalue weighted by molar-refractivity contribution is 0.321. The third kappa shape index (κ3) is 3.85. The molecule has 1 heterocycles. The van der Waals surface area contributed by atoms with Crippen molar-refractivity contribution in [3.8, 4) is 11.3 Å². The molecule has 3 rings (SSSR count). The Bertz CT molecular complexity index is 892. The van der Waals surface area contributed by atoms with Crippen molar-refractivity contribution in [3.63, 3.8) is 0 Å². The Morgan fingerprint density at radius 3 is 2.38 bits per heavy atom. The van der Waals surface area contributed by atoms with Gasteiger partial charge in [0.05, 0.1) is 5.69 Å². The van der Waals surface area contributed by atoms with E-state index in [2.05, 4.69) is 27.7 Å². The first-order chi connectivity index (χ1) is 12.3. The molecule has 2 nitrogen and oxygen atoms in total. The van der Waals surface area contributed by atoms with Crippen molar-refractivity contribution in [3.05, 3.63) is 77.8 Å². The van der Waals surface area contributed by atoms with E-state index in [1.54, 1.807) is 0 Å². The van der Waals surface area contributed by atoms with E-state index < -0.39 is 11.6 Å². The molecule has 0 spiro atoms. The molecule has 1 atom stereocenters. The third-order valence-electron chi connectivity index (χ3n) is 4.89. The molecule has 136 valence electrons. The van der Waals surface area contributed by atoms with Crippen molar-refractivity contribution in [1.82, 2.24) is 9.55 Å². The van der Waals surface area contributed by atoms with Crippen LogP contribution in [0.1, 0.15) is 45.0 Å². The minimum atomic E-state index is -0.468. The lowest BCUT2D eigenvalue weighted by atomic mass is 9.81. The van der Waals surface area contributed by atoms with Crippen LogP contribution in [0.2, 0.25) is 0 Å². The molecule has 1 aromatic heterocycles. The second kappa shape index (κ2) is 7.02. The summed E-state index contributed by atoms with van der Waals surface area (Å²) in [7, 11) is 0. The van der Waals surface area contributed by atoms with Crippen molar-refractivity contribution in [2.75, 3.05) is 0 Å². The highest BCUT2D eigenvalue weighted by Crippen LogP contribution is 2.36. The van der Waals surface area contributed by atoms with Crippen LogP contribution in [-0.4, -0.2) is 9.55 Å². The first kappa shape index (κ1) is 18.3. The summed E-state index contributed by atoms with van der Waals surface area (Å²) in [6, 6.07) is 13.5. The Kier molecular flexibility index (Phi) is 4.94. The summed E-state index contributed by atoms with van der Waals surface area (Å²) in [5.41, 5.74) is 1.79. The maximum absolute atomic E-state index is 14.2. The van der Waals surface area contributed by atoms with Crippen molar-refractivity contribution >= 4 is 0 Å². The predicted molar refractivity (Wildman–Crippen MR) is 101 cm³/mol. The number of imidazole rings is 1. The highest BCUT2D eigenvalue weighted by atomic mass is 19.1. The van der Waals surface area contributed by atoms with Crippen molar-refractivity contribution in [2.45, 2.75) is 40.2 Å². The Labute approximate surface area is 153 Å². The zero-order valence-electron chi connectivity index (χ0n) is 15.6. The molecule has 0 bridgehead atoms. The lowest BCUT2D eigenvalue weighted by Gasteiger charge is -2.27. The maximum Gasteiger partial charge on any atom is 0.132 e. The van der Waals surface area contributed by atoms with Gasteiger partial charge in [-0.2, -0.15) is 0 Å². The molecule has 0 saturated carbocycles. The van der Waals surface area contributed by atoms with Gasteiger partial charge in [-0.15, -0.1) is 0 Å². The molecular weight excluding hydrogens is 330 g/mol. The van der Waals surface area contributed by atoms with Crippen LogP contribution in [0, 0.1) is 17.0 Å². The molecule has 2 aromatic carbocycles. The molecule has 0 aliphatic carbocycles. The minimum Gasteiger partial charge on any atom is -0.330 e. The largest absolute Gasteiger partial charge is 0.330 e.